The molecule has 0 radical (unpaired) electrons. The van der Waals surface area contributed by atoms with Crippen molar-refractivity contribution in [1.29, 1.82) is 0 Å². The van der Waals surface area contributed by atoms with Crippen LogP contribution < -0.4 is 10.2 Å². The molecule has 0 saturated carbocycles. The van der Waals surface area contributed by atoms with Crippen LogP contribution in [-0.2, 0) is 0 Å². The molecule has 1 fully saturated rings. The van der Waals surface area contributed by atoms with Crippen LogP contribution in [0.15, 0.2) is 12.1 Å². The first-order valence-corrected chi connectivity index (χ1v) is 7.21. The quantitative estimate of drug-likeness (QED) is 0.837. The van der Waals surface area contributed by atoms with E-state index in [1.165, 1.54) is 29.7 Å². The van der Waals surface area contributed by atoms with Crippen LogP contribution in [-0.4, -0.2) is 25.7 Å². The van der Waals surface area contributed by atoms with E-state index in [2.05, 4.69) is 43.1 Å². The Hall–Kier alpha value is -0.730. The Balaban J connectivity index is 2.28. The monoisotopic (exact) mass is 266 g/mol. The van der Waals surface area contributed by atoms with Crippen LogP contribution in [0.4, 0.5) is 5.69 Å². The standard InChI is InChI=1S/C15H23ClN2/c1-11-8-12(2)15(14(16)9-11)18-7-5-4-6-17-13(3)10-18/h8-9,13,17H,4-7,10H2,1-3H3. The predicted molar refractivity (Wildman–Crippen MR) is 79.8 cm³/mol. The van der Waals surface area contributed by atoms with Crippen LogP contribution in [0.2, 0.25) is 5.02 Å². The minimum absolute atomic E-state index is 0.516. The summed E-state index contributed by atoms with van der Waals surface area (Å²) >= 11 is 6.45. The summed E-state index contributed by atoms with van der Waals surface area (Å²) in [4.78, 5) is 2.44. The molecule has 0 spiro atoms. The van der Waals surface area contributed by atoms with Crippen molar-refractivity contribution in [3.63, 3.8) is 0 Å². The van der Waals surface area contributed by atoms with Gasteiger partial charge in [0.05, 0.1) is 10.7 Å². The van der Waals surface area contributed by atoms with Gasteiger partial charge in [0.25, 0.3) is 0 Å². The SMILES string of the molecule is Cc1cc(C)c(N2CCCCNC(C)C2)c(Cl)c1. The maximum atomic E-state index is 6.45. The summed E-state index contributed by atoms with van der Waals surface area (Å²) in [7, 11) is 0. The Morgan fingerprint density at radius 2 is 2.06 bits per heavy atom. The fourth-order valence-corrected chi connectivity index (χ4v) is 3.21. The molecule has 18 heavy (non-hydrogen) atoms. The van der Waals surface area contributed by atoms with Gasteiger partial charge in [-0.15, -0.1) is 0 Å². The van der Waals surface area contributed by atoms with Crippen molar-refractivity contribution in [3.8, 4) is 0 Å². The second kappa shape index (κ2) is 5.94. The van der Waals surface area contributed by atoms with Gasteiger partial charge in [-0.2, -0.15) is 0 Å². The number of anilines is 1. The number of rotatable bonds is 1. The predicted octanol–water partition coefficient (Wildman–Crippen LogP) is 3.54. The van der Waals surface area contributed by atoms with Crippen molar-refractivity contribution in [2.24, 2.45) is 0 Å². The lowest BCUT2D eigenvalue weighted by atomic mass is 10.1. The molecular weight excluding hydrogens is 244 g/mol. The van der Waals surface area contributed by atoms with Crippen LogP contribution >= 0.6 is 11.6 Å². The molecule has 0 aliphatic carbocycles. The molecule has 0 bridgehead atoms. The number of nitrogens with one attached hydrogen (secondary N) is 1. The summed E-state index contributed by atoms with van der Waals surface area (Å²) < 4.78 is 0. The van der Waals surface area contributed by atoms with E-state index < -0.39 is 0 Å². The average Bonchev–Trinajstić information content (AvgIpc) is 2.23. The summed E-state index contributed by atoms with van der Waals surface area (Å²) in [6, 6.07) is 4.81. The first-order valence-electron chi connectivity index (χ1n) is 6.83. The zero-order chi connectivity index (χ0) is 13.1. The topological polar surface area (TPSA) is 15.3 Å². The highest BCUT2D eigenvalue weighted by Crippen LogP contribution is 2.31. The molecule has 2 nitrogen and oxygen atoms in total. The van der Waals surface area contributed by atoms with E-state index in [9.17, 15) is 0 Å². The zero-order valence-corrected chi connectivity index (χ0v) is 12.3. The van der Waals surface area contributed by atoms with E-state index in [1.54, 1.807) is 0 Å². The lowest BCUT2D eigenvalue weighted by Crippen LogP contribution is -2.42. The van der Waals surface area contributed by atoms with Gasteiger partial charge in [0.1, 0.15) is 0 Å². The smallest absolute Gasteiger partial charge is 0.0644 e. The van der Waals surface area contributed by atoms with Gasteiger partial charge in [-0.25, -0.2) is 0 Å². The summed E-state index contributed by atoms with van der Waals surface area (Å²) in [6.07, 6.45) is 2.47. The fourth-order valence-electron chi connectivity index (χ4n) is 2.77. The molecule has 100 valence electrons. The average molecular weight is 267 g/mol. The van der Waals surface area contributed by atoms with Crippen molar-refractivity contribution in [2.45, 2.75) is 39.7 Å². The number of nitrogens with zero attached hydrogens (tertiary/aromatic N) is 1. The Kier molecular flexibility index (Phi) is 4.52. The largest absolute Gasteiger partial charge is 0.369 e. The third kappa shape index (κ3) is 3.18. The van der Waals surface area contributed by atoms with Crippen LogP contribution in [0.25, 0.3) is 0 Å². The molecule has 0 amide bonds. The first kappa shape index (κ1) is 13.7. The van der Waals surface area contributed by atoms with Gasteiger partial charge < -0.3 is 10.2 Å². The molecule has 1 aromatic rings. The normalized spacial score (nSPS) is 21.6. The zero-order valence-electron chi connectivity index (χ0n) is 11.6. The van der Waals surface area contributed by atoms with E-state index in [1.807, 2.05) is 0 Å². The molecule has 0 aromatic heterocycles. The highest BCUT2D eigenvalue weighted by Gasteiger charge is 2.17. The van der Waals surface area contributed by atoms with Crippen LogP contribution in [0.1, 0.15) is 30.9 Å². The number of hydrogen-bond acceptors (Lipinski definition) is 2. The van der Waals surface area contributed by atoms with E-state index in [4.69, 9.17) is 11.6 Å². The van der Waals surface area contributed by atoms with Gasteiger partial charge in [0.2, 0.25) is 0 Å². The summed E-state index contributed by atoms with van der Waals surface area (Å²) in [5.41, 5.74) is 3.74. The second-order valence-corrected chi connectivity index (χ2v) is 5.83. The Labute approximate surface area is 115 Å². The molecule has 1 saturated heterocycles. The molecule has 1 aromatic carbocycles. The van der Waals surface area contributed by atoms with Crippen molar-refractivity contribution >= 4 is 17.3 Å². The van der Waals surface area contributed by atoms with Crippen molar-refractivity contribution in [1.82, 2.24) is 5.32 Å². The van der Waals surface area contributed by atoms with Crippen molar-refractivity contribution in [3.05, 3.63) is 28.3 Å². The van der Waals surface area contributed by atoms with Gasteiger partial charge in [0.15, 0.2) is 0 Å². The van der Waals surface area contributed by atoms with Gasteiger partial charge in [-0.05, 0) is 57.4 Å². The van der Waals surface area contributed by atoms with E-state index >= 15 is 0 Å². The minimum atomic E-state index is 0.516. The maximum Gasteiger partial charge on any atom is 0.0644 e. The lowest BCUT2D eigenvalue weighted by molar-refractivity contribution is 0.485. The van der Waals surface area contributed by atoms with E-state index in [0.717, 1.165) is 24.7 Å². The third-order valence-electron chi connectivity index (χ3n) is 3.56. The van der Waals surface area contributed by atoms with Crippen LogP contribution in [0, 0.1) is 13.8 Å². The van der Waals surface area contributed by atoms with Gasteiger partial charge >= 0.3 is 0 Å². The first-order chi connectivity index (χ1) is 8.58. The Morgan fingerprint density at radius 3 is 2.78 bits per heavy atom. The van der Waals surface area contributed by atoms with Crippen LogP contribution in [0.5, 0.6) is 0 Å². The summed E-state index contributed by atoms with van der Waals surface area (Å²) in [6.45, 7) is 9.77. The third-order valence-corrected chi connectivity index (χ3v) is 3.84. The molecule has 1 aliphatic rings. The molecule has 2 rings (SSSR count). The molecule has 1 heterocycles. The molecule has 3 heteroatoms. The highest BCUT2D eigenvalue weighted by atomic mass is 35.5. The van der Waals surface area contributed by atoms with Crippen LogP contribution in [0.3, 0.4) is 0 Å². The molecular formula is C15H23ClN2. The lowest BCUT2D eigenvalue weighted by Gasteiger charge is -2.32. The summed E-state index contributed by atoms with van der Waals surface area (Å²) in [5, 5.41) is 4.44. The van der Waals surface area contributed by atoms with Crippen molar-refractivity contribution in [2.75, 3.05) is 24.5 Å². The minimum Gasteiger partial charge on any atom is -0.369 e. The Bertz CT molecular complexity index is 394. The van der Waals surface area contributed by atoms with Gasteiger partial charge in [0, 0.05) is 19.1 Å². The molecule has 1 N–H and O–H groups in total. The maximum absolute atomic E-state index is 6.45. The highest BCUT2D eigenvalue weighted by molar-refractivity contribution is 6.33. The molecule has 1 aliphatic heterocycles. The van der Waals surface area contributed by atoms with Gasteiger partial charge in [-0.1, -0.05) is 17.7 Å². The Morgan fingerprint density at radius 1 is 1.28 bits per heavy atom. The summed E-state index contributed by atoms with van der Waals surface area (Å²) in [5.74, 6) is 0. The number of benzene rings is 1. The van der Waals surface area contributed by atoms with Crippen molar-refractivity contribution < 1.29 is 0 Å². The number of hydrogen-bond donors (Lipinski definition) is 1. The number of halogens is 1. The van der Waals surface area contributed by atoms with E-state index in [0.29, 0.717) is 6.04 Å². The fraction of sp³-hybridized carbons (Fsp3) is 0.600. The van der Waals surface area contributed by atoms with Gasteiger partial charge in [-0.3, -0.25) is 0 Å². The second-order valence-electron chi connectivity index (χ2n) is 5.42. The number of aryl methyl sites for hydroxylation is 2. The van der Waals surface area contributed by atoms with E-state index in [-0.39, 0.29) is 0 Å². The molecule has 1 unspecified atom stereocenters. The molecule has 1 atom stereocenters.